The molecule has 1 heterocycles. The fourth-order valence-corrected chi connectivity index (χ4v) is 3.22. The van der Waals surface area contributed by atoms with Gasteiger partial charge in [-0.2, -0.15) is 0 Å². The molecule has 0 N–H and O–H groups in total. The monoisotopic (exact) mass is 431 g/mol. The number of methoxy groups -OCH3 is 1. The van der Waals surface area contributed by atoms with E-state index in [1.165, 1.54) is 12.0 Å². The van der Waals surface area contributed by atoms with Gasteiger partial charge in [0.25, 0.3) is 0 Å². The number of carbonyl (C=O) groups is 2. The fraction of sp³-hybridized carbons (Fsp3) is 0.412. The Balaban J connectivity index is 2.71. The summed E-state index contributed by atoms with van der Waals surface area (Å²) in [6.45, 7) is 3.53. The minimum atomic E-state index is -0.903. The second kappa shape index (κ2) is 7.35. The molecular formula is C17H19BrClNO5. The Morgan fingerprint density at radius 3 is 2.52 bits per heavy atom. The number of hydrogen-bond donors (Lipinski definition) is 0. The van der Waals surface area contributed by atoms with Crippen LogP contribution in [0, 0.1) is 5.41 Å². The van der Waals surface area contributed by atoms with Crippen LogP contribution in [0.4, 0.5) is 4.79 Å². The van der Waals surface area contributed by atoms with Gasteiger partial charge < -0.3 is 19.1 Å². The van der Waals surface area contributed by atoms with Gasteiger partial charge in [0.1, 0.15) is 11.3 Å². The van der Waals surface area contributed by atoms with Gasteiger partial charge in [-0.15, -0.1) is 0 Å². The molecule has 8 heteroatoms. The smallest absolute Gasteiger partial charge is 0.414 e. The average molecular weight is 433 g/mol. The molecule has 0 radical (unpaired) electrons. The summed E-state index contributed by atoms with van der Waals surface area (Å²) in [5.74, 6) is -0.518. The highest BCUT2D eigenvalue weighted by molar-refractivity contribution is 9.10. The molecule has 0 fully saturated rings. The lowest BCUT2D eigenvalue weighted by molar-refractivity contribution is -0.195. The second-order valence-electron chi connectivity index (χ2n) is 6.29. The van der Waals surface area contributed by atoms with Crippen LogP contribution in [-0.2, 0) is 19.0 Å². The SMILES string of the molecule is COC1OC(=O)C(c2ccc(Br)cc2Cl)=C(OC(=O)N(C)C)C1(C)C. The van der Waals surface area contributed by atoms with E-state index in [0.717, 1.165) is 4.47 Å². The third kappa shape index (κ3) is 3.83. The lowest BCUT2D eigenvalue weighted by Crippen LogP contribution is -2.44. The van der Waals surface area contributed by atoms with E-state index in [0.29, 0.717) is 10.6 Å². The van der Waals surface area contributed by atoms with E-state index in [9.17, 15) is 9.59 Å². The summed E-state index contributed by atoms with van der Waals surface area (Å²) in [6.07, 6.45) is -1.51. The van der Waals surface area contributed by atoms with Gasteiger partial charge in [-0.3, -0.25) is 0 Å². The van der Waals surface area contributed by atoms with Crippen molar-refractivity contribution in [1.82, 2.24) is 4.90 Å². The predicted molar refractivity (Wildman–Crippen MR) is 96.9 cm³/mol. The van der Waals surface area contributed by atoms with Crippen molar-refractivity contribution in [2.75, 3.05) is 21.2 Å². The zero-order valence-electron chi connectivity index (χ0n) is 14.6. The average Bonchev–Trinajstić information content (AvgIpc) is 2.51. The van der Waals surface area contributed by atoms with Crippen molar-refractivity contribution in [3.63, 3.8) is 0 Å². The molecule has 1 aromatic rings. The van der Waals surface area contributed by atoms with E-state index < -0.39 is 23.8 Å². The number of halogens is 2. The molecule has 0 bridgehead atoms. The zero-order chi connectivity index (χ0) is 18.9. The number of ether oxygens (including phenoxy) is 3. The Bertz CT molecular complexity index is 745. The quantitative estimate of drug-likeness (QED) is 0.674. The first kappa shape index (κ1) is 19.8. The number of nitrogens with zero attached hydrogens (tertiary/aromatic N) is 1. The Morgan fingerprint density at radius 2 is 2.00 bits per heavy atom. The minimum Gasteiger partial charge on any atom is -0.431 e. The number of carbonyl (C=O) groups excluding carboxylic acids is 2. The van der Waals surface area contributed by atoms with Crippen molar-refractivity contribution in [3.8, 4) is 0 Å². The number of hydrogen-bond acceptors (Lipinski definition) is 5. The van der Waals surface area contributed by atoms with E-state index in [4.69, 9.17) is 25.8 Å². The van der Waals surface area contributed by atoms with Crippen molar-refractivity contribution in [2.45, 2.75) is 20.1 Å². The third-order valence-corrected chi connectivity index (χ3v) is 4.59. The molecule has 2 rings (SSSR count). The van der Waals surface area contributed by atoms with Crippen LogP contribution in [0.25, 0.3) is 5.57 Å². The fourth-order valence-electron chi connectivity index (χ4n) is 2.45. The van der Waals surface area contributed by atoms with Crippen LogP contribution in [-0.4, -0.2) is 44.5 Å². The molecule has 0 saturated carbocycles. The Hall–Kier alpha value is -1.57. The lowest BCUT2D eigenvalue weighted by atomic mass is 9.83. The summed E-state index contributed by atoms with van der Waals surface area (Å²) in [7, 11) is 4.52. The van der Waals surface area contributed by atoms with Gasteiger partial charge in [-0.05, 0) is 26.0 Å². The molecule has 1 unspecified atom stereocenters. The Kier molecular flexibility index (Phi) is 5.81. The maximum absolute atomic E-state index is 12.6. The van der Waals surface area contributed by atoms with Crippen LogP contribution < -0.4 is 0 Å². The van der Waals surface area contributed by atoms with Gasteiger partial charge in [0.2, 0.25) is 6.29 Å². The molecule has 1 aliphatic heterocycles. The normalized spacial score (nSPS) is 19.5. The largest absolute Gasteiger partial charge is 0.431 e. The molecule has 0 spiro atoms. The van der Waals surface area contributed by atoms with Crippen LogP contribution in [0.5, 0.6) is 0 Å². The van der Waals surface area contributed by atoms with E-state index in [1.807, 2.05) is 0 Å². The highest BCUT2D eigenvalue weighted by Gasteiger charge is 2.47. The molecule has 0 aliphatic carbocycles. The molecule has 25 heavy (non-hydrogen) atoms. The van der Waals surface area contributed by atoms with Gasteiger partial charge in [-0.25, -0.2) is 9.59 Å². The van der Waals surface area contributed by atoms with Crippen molar-refractivity contribution in [2.24, 2.45) is 5.41 Å². The molecule has 6 nitrogen and oxygen atoms in total. The van der Waals surface area contributed by atoms with Crippen LogP contribution >= 0.6 is 27.5 Å². The molecule has 0 aromatic heterocycles. The summed E-state index contributed by atoms with van der Waals surface area (Å²) in [4.78, 5) is 26.0. The third-order valence-electron chi connectivity index (χ3n) is 3.79. The van der Waals surface area contributed by atoms with Crippen molar-refractivity contribution in [3.05, 3.63) is 39.0 Å². The Labute approximate surface area is 159 Å². The van der Waals surface area contributed by atoms with Crippen molar-refractivity contribution >= 4 is 45.2 Å². The summed E-state index contributed by atoms with van der Waals surface area (Å²) < 4.78 is 16.9. The molecule has 1 atom stereocenters. The summed E-state index contributed by atoms with van der Waals surface area (Å²) >= 11 is 9.63. The zero-order valence-corrected chi connectivity index (χ0v) is 16.9. The minimum absolute atomic E-state index is 0.103. The lowest BCUT2D eigenvalue weighted by Gasteiger charge is -2.38. The van der Waals surface area contributed by atoms with Crippen LogP contribution in [0.3, 0.4) is 0 Å². The van der Waals surface area contributed by atoms with Crippen LogP contribution in [0.2, 0.25) is 5.02 Å². The number of rotatable bonds is 3. The number of amides is 1. The molecular weight excluding hydrogens is 414 g/mol. The first-order valence-electron chi connectivity index (χ1n) is 7.42. The van der Waals surface area contributed by atoms with E-state index in [1.54, 1.807) is 46.1 Å². The number of benzene rings is 1. The van der Waals surface area contributed by atoms with Gasteiger partial charge in [0.15, 0.2) is 0 Å². The molecule has 0 saturated heterocycles. The Morgan fingerprint density at radius 1 is 1.36 bits per heavy atom. The van der Waals surface area contributed by atoms with Gasteiger partial charge in [0.05, 0.1) is 5.41 Å². The first-order chi connectivity index (χ1) is 11.6. The van der Waals surface area contributed by atoms with Gasteiger partial charge in [0, 0.05) is 36.3 Å². The number of esters is 1. The second-order valence-corrected chi connectivity index (χ2v) is 7.61. The summed E-state index contributed by atoms with van der Waals surface area (Å²) in [6, 6.07) is 5.05. The summed E-state index contributed by atoms with van der Waals surface area (Å²) in [5, 5.41) is 0.325. The van der Waals surface area contributed by atoms with Gasteiger partial charge >= 0.3 is 12.1 Å². The number of cyclic esters (lactones) is 1. The van der Waals surface area contributed by atoms with Crippen LogP contribution in [0.15, 0.2) is 28.4 Å². The first-order valence-corrected chi connectivity index (χ1v) is 8.59. The maximum Gasteiger partial charge on any atom is 0.414 e. The van der Waals surface area contributed by atoms with E-state index >= 15 is 0 Å². The van der Waals surface area contributed by atoms with Crippen LogP contribution in [0.1, 0.15) is 19.4 Å². The highest BCUT2D eigenvalue weighted by Crippen LogP contribution is 2.44. The van der Waals surface area contributed by atoms with Crippen molar-refractivity contribution < 1.29 is 23.8 Å². The molecule has 1 amide bonds. The predicted octanol–water partition coefficient (Wildman–Crippen LogP) is 4.07. The highest BCUT2D eigenvalue weighted by atomic mass is 79.9. The topological polar surface area (TPSA) is 65.1 Å². The summed E-state index contributed by atoms with van der Waals surface area (Å²) in [5.41, 5.74) is -0.384. The molecule has 136 valence electrons. The molecule has 1 aromatic carbocycles. The standard InChI is InChI=1S/C17H19BrClNO5/c1-17(2)13(24-16(22)20(3)4)12(14(21)25-15(17)23-5)10-7-6-9(18)8-11(10)19/h6-8,15H,1-5H3. The van der Waals surface area contributed by atoms with Crippen molar-refractivity contribution in [1.29, 1.82) is 0 Å². The maximum atomic E-state index is 12.6. The molecule has 1 aliphatic rings. The van der Waals surface area contributed by atoms with E-state index in [2.05, 4.69) is 15.9 Å². The van der Waals surface area contributed by atoms with Gasteiger partial charge in [-0.1, -0.05) is 33.6 Å². The van der Waals surface area contributed by atoms with E-state index in [-0.39, 0.29) is 11.3 Å².